The summed E-state index contributed by atoms with van der Waals surface area (Å²) in [4.78, 5) is 28.5. The molecule has 1 saturated carbocycles. The highest BCUT2D eigenvalue weighted by Gasteiger charge is 2.42. The number of hydrogen-bond donors (Lipinski definition) is 3. The van der Waals surface area contributed by atoms with Gasteiger partial charge in [-0.15, -0.1) is 0 Å². The van der Waals surface area contributed by atoms with Crippen molar-refractivity contribution in [1.82, 2.24) is 10.6 Å². The number of rotatable bonds is 6. The Morgan fingerprint density at radius 1 is 1.26 bits per heavy atom. The molecular weight excluding hydrogens is 342 g/mol. The number of aliphatic imine (C=N–C) groups is 1. The zero-order valence-corrected chi connectivity index (χ0v) is 17.8. The van der Waals surface area contributed by atoms with Crippen LogP contribution in [0.3, 0.4) is 0 Å². The summed E-state index contributed by atoms with van der Waals surface area (Å²) >= 11 is 0. The van der Waals surface area contributed by atoms with Gasteiger partial charge in [-0.3, -0.25) is 9.79 Å². The second-order valence-corrected chi connectivity index (χ2v) is 7.85. The molecule has 2 rings (SSSR count). The number of hydrogen-bond acceptors (Lipinski definition) is 4. The van der Waals surface area contributed by atoms with Gasteiger partial charge < -0.3 is 15.7 Å². The Morgan fingerprint density at radius 2 is 1.81 bits per heavy atom. The molecule has 3 N–H and O–H groups in total. The van der Waals surface area contributed by atoms with Crippen LogP contribution in [0.5, 0.6) is 0 Å². The van der Waals surface area contributed by atoms with Gasteiger partial charge in [0.1, 0.15) is 11.4 Å². The molecule has 0 bridgehead atoms. The zero-order valence-electron chi connectivity index (χ0n) is 17.8. The van der Waals surface area contributed by atoms with Crippen molar-refractivity contribution >= 4 is 17.7 Å². The number of carboxylic acid groups (broad SMARTS) is 1. The van der Waals surface area contributed by atoms with Gasteiger partial charge in [0.05, 0.1) is 0 Å². The first-order valence-electron chi connectivity index (χ1n) is 10.2. The summed E-state index contributed by atoms with van der Waals surface area (Å²) in [5.74, 6) is -0.480. The van der Waals surface area contributed by atoms with E-state index in [1.807, 2.05) is 13.8 Å². The van der Waals surface area contributed by atoms with E-state index < -0.39 is 11.5 Å². The molecule has 0 saturated heterocycles. The highest BCUT2D eigenvalue weighted by atomic mass is 16.4. The average molecular weight is 380 g/mol. The van der Waals surface area contributed by atoms with Crippen molar-refractivity contribution in [1.29, 1.82) is 0 Å². The van der Waals surface area contributed by atoms with Crippen LogP contribution in [0.4, 0.5) is 0 Å². The van der Waals surface area contributed by atoms with E-state index in [2.05, 4.69) is 29.5 Å². The Kier molecular flexibility index (Phi) is 9.16. The summed E-state index contributed by atoms with van der Waals surface area (Å²) in [6, 6.07) is 0. The van der Waals surface area contributed by atoms with E-state index in [4.69, 9.17) is 0 Å². The zero-order chi connectivity index (χ0) is 20.6. The first-order chi connectivity index (χ1) is 12.7. The summed E-state index contributed by atoms with van der Waals surface area (Å²) in [5, 5.41) is 15.5. The standard InChI is InChI=1S/C17H26N2O3.C4H11N/c1-10(2)17(4)16(22)18-14(19-17)11(3)13(15(20)21)12-8-6-5-7-9-12;1-3-5-4-2/h10,12H,5-9H2,1-4H3,(H,20,21)(H,18,19,22);5H,3-4H2,1-2H3/b13-11+;. The first kappa shape index (κ1) is 23.3. The first-order valence-corrected chi connectivity index (χ1v) is 10.2. The van der Waals surface area contributed by atoms with Crippen LogP contribution in [0.2, 0.25) is 0 Å². The molecule has 154 valence electrons. The van der Waals surface area contributed by atoms with Crippen LogP contribution < -0.4 is 10.6 Å². The molecule has 2 aliphatic rings. The van der Waals surface area contributed by atoms with Gasteiger partial charge in [-0.05, 0) is 51.6 Å². The minimum Gasteiger partial charge on any atom is -0.478 e. The molecule has 1 aliphatic carbocycles. The van der Waals surface area contributed by atoms with Gasteiger partial charge in [0, 0.05) is 11.1 Å². The molecule has 27 heavy (non-hydrogen) atoms. The second-order valence-electron chi connectivity index (χ2n) is 7.85. The molecule has 1 unspecified atom stereocenters. The van der Waals surface area contributed by atoms with Crippen LogP contribution in [-0.4, -0.2) is 41.4 Å². The third kappa shape index (κ3) is 5.89. The lowest BCUT2D eigenvalue weighted by molar-refractivity contribution is -0.133. The van der Waals surface area contributed by atoms with E-state index in [-0.39, 0.29) is 17.7 Å². The number of nitrogens with zero attached hydrogens (tertiary/aromatic N) is 1. The van der Waals surface area contributed by atoms with Crippen molar-refractivity contribution in [3.05, 3.63) is 11.1 Å². The molecule has 0 aromatic carbocycles. The van der Waals surface area contributed by atoms with Crippen molar-refractivity contribution in [3.8, 4) is 0 Å². The lowest BCUT2D eigenvalue weighted by atomic mass is 9.81. The second kappa shape index (κ2) is 10.6. The quantitative estimate of drug-likeness (QED) is 0.616. The highest BCUT2D eigenvalue weighted by molar-refractivity contribution is 6.17. The van der Waals surface area contributed by atoms with Gasteiger partial charge in [0.15, 0.2) is 0 Å². The Morgan fingerprint density at radius 3 is 2.19 bits per heavy atom. The van der Waals surface area contributed by atoms with Crippen molar-refractivity contribution < 1.29 is 14.7 Å². The highest BCUT2D eigenvalue weighted by Crippen LogP contribution is 2.33. The maximum Gasteiger partial charge on any atom is 0.332 e. The van der Waals surface area contributed by atoms with Gasteiger partial charge >= 0.3 is 5.97 Å². The summed E-state index contributed by atoms with van der Waals surface area (Å²) in [5.41, 5.74) is 0.219. The normalized spacial score (nSPS) is 24.0. The molecule has 1 aliphatic heterocycles. The summed E-state index contributed by atoms with van der Waals surface area (Å²) in [7, 11) is 0. The van der Waals surface area contributed by atoms with E-state index in [0.717, 1.165) is 38.8 Å². The minimum atomic E-state index is -0.889. The van der Waals surface area contributed by atoms with Crippen LogP contribution in [-0.2, 0) is 9.59 Å². The van der Waals surface area contributed by atoms with Crippen LogP contribution >= 0.6 is 0 Å². The van der Waals surface area contributed by atoms with Gasteiger partial charge in [-0.1, -0.05) is 47.0 Å². The van der Waals surface area contributed by atoms with Gasteiger partial charge in [0.25, 0.3) is 5.91 Å². The summed E-state index contributed by atoms with van der Waals surface area (Å²) in [6.45, 7) is 13.9. The number of amides is 1. The fourth-order valence-electron chi connectivity index (χ4n) is 3.52. The predicted octanol–water partition coefficient (Wildman–Crippen LogP) is 3.53. The topological polar surface area (TPSA) is 90.8 Å². The molecule has 0 radical (unpaired) electrons. The van der Waals surface area contributed by atoms with Gasteiger partial charge in [0.2, 0.25) is 0 Å². The van der Waals surface area contributed by atoms with Crippen LogP contribution in [0.25, 0.3) is 0 Å². The third-order valence-electron chi connectivity index (χ3n) is 5.66. The van der Waals surface area contributed by atoms with E-state index in [1.165, 1.54) is 6.42 Å². The lowest BCUT2D eigenvalue weighted by Crippen LogP contribution is -2.41. The summed E-state index contributed by atoms with van der Waals surface area (Å²) in [6.07, 6.45) is 5.11. The van der Waals surface area contributed by atoms with E-state index in [0.29, 0.717) is 17.0 Å². The molecule has 6 nitrogen and oxygen atoms in total. The van der Waals surface area contributed by atoms with Crippen LogP contribution in [0.15, 0.2) is 16.1 Å². The SMILES string of the molecule is C/C(C1=NC(C)(C(C)C)C(=O)N1)=C(\C(=O)O)C1CCCCC1.CCNCC. The molecule has 1 heterocycles. The number of carboxylic acids is 1. The van der Waals surface area contributed by atoms with Crippen molar-refractivity contribution in [2.75, 3.05) is 13.1 Å². The lowest BCUT2D eigenvalue weighted by Gasteiger charge is -2.24. The van der Waals surface area contributed by atoms with Crippen LogP contribution in [0.1, 0.15) is 73.6 Å². The van der Waals surface area contributed by atoms with Crippen LogP contribution in [0, 0.1) is 11.8 Å². The van der Waals surface area contributed by atoms with Gasteiger partial charge in [-0.2, -0.15) is 0 Å². The fourth-order valence-corrected chi connectivity index (χ4v) is 3.52. The van der Waals surface area contributed by atoms with Crippen molar-refractivity contribution in [2.45, 2.75) is 79.2 Å². The maximum atomic E-state index is 12.2. The Labute approximate surface area is 163 Å². The van der Waals surface area contributed by atoms with E-state index >= 15 is 0 Å². The summed E-state index contributed by atoms with van der Waals surface area (Å²) < 4.78 is 0. The Bertz CT molecular complexity index is 587. The Hall–Kier alpha value is -1.69. The number of amidine groups is 1. The third-order valence-corrected chi connectivity index (χ3v) is 5.66. The van der Waals surface area contributed by atoms with Crippen molar-refractivity contribution in [3.63, 3.8) is 0 Å². The number of carbonyl (C=O) groups excluding carboxylic acids is 1. The molecule has 1 amide bonds. The van der Waals surface area contributed by atoms with Gasteiger partial charge in [-0.25, -0.2) is 4.79 Å². The molecule has 1 fully saturated rings. The maximum absolute atomic E-state index is 12.2. The minimum absolute atomic E-state index is 0.0563. The van der Waals surface area contributed by atoms with E-state index in [9.17, 15) is 14.7 Å². The molecule has 0 spiro atoms. The molecular formula is C21H37N3O3. The fraction of sp³-hybridized carbons (Fsp3) is 0.762. The molecule has 0 aromatic heterocycles. The van der Waals surface area contributed by atoms with E-state index in [1.54, 1.807) is 13.8 Å². The smallest absolute Gasteiger partial charge is 0.332 e. The number of nitrogens with one attached hydrogen (secondary N) is 2. The molecule has 1 atom stereocenters. The largest absolute Gasteiger partial charge is 0.478 e. The monoisotopic (exact) mass is 379 g/mol. The predicted molar refractivity (Wildman–Crippen MR) is 110 cm³/mol. The van der Waals surface area contributed by atoms with Crippen molar-refractivity contribution in [2.24, 2.45) is 16.8 Å². The number of carbonyl (C=O) groups is 2. The molecule has 0 aromatic rings. The number of aliphatic carboxylic acids is 1. The Balaban J connectivity index is 0.000000646. The average Bonchev–Trinajstić information content (AvgIpc) is 2.93. The molecule has 6 heteroatoms.